The first-order chi connectivity index (χ1) is 8.22. The third-order valence-electron chi connectivity index (χ3n) is 3.73. The molecule has 2 heteroatoms. The number of aryl methyl sites for hydroxylation is 1. The maximum absolute atomic E-state index is 14.0. The standard InChI is InChI=1S/C15H22FN/c1-3-9-17-15(12-5-4-6-12)13-8-7-11(2)10-14(13)16/h7-8,10,12,15,17H,3-6,9H2,1-2H3. The van der Waals surface area contributed by atoms with Gasteiger partial charge in [0.25, 0.3) is 0 Å². The molecule has 1 saturated carbocycles. The minimum Gasteiger partial charge on any atom is -0.310 e. The molecule has 94 valence electrons. The molecule has 1 aromatic rings. The molecule has 0 amide bonds. The molecule has 17 heavy (non-hydrogen) atoms. The van der Waals surface area contributed by atoms with Crippen LogP contribution in [0.3, 0.4) is 0 Å². The third-order valence-corrected chi connectivity index (χ3v) is 3.73. The Morgan fingerprint density at radius 1 is 1.41 bits per heavy atom. The second-order valence-corrected chi connectivity index (χ2v) is 5.15. The van der Waals surface area contributed by atoms with Gasteiger partial charge in [0.1, 0.15) is 5.82 Å². The van der Waals surface area contributed by atoms with E-state index in [1.54, 1.807) is 6.07 Å². The van der Waals surface area contributed by atoms with Gasteiger partial charge in [0.15, 0.2) is 0 Å². The van der Waals surface area contributed by atoms with Crippen molar-refractivity contribution in [3.8, 4) is 0 Å². The quantitative estimate of drug-likeness (QED) is 0.814. The molecule has 0 heterocycles. The van der Waals surface area contributed by atoms with Gasteiger partial charge < -0.3 is 5.32 Å². The van der Waals surface area contributed by atoms with Crippen LogP contribution in [-0.2, 0) is 0 Å². The van der Waals surface area contributed by atoms with Crippen LogP contribution in [0.4, 0.5) is 4.39 Å². The van der Waals surface area contributed by atoms with E-state index in [0.29, 0.717) is 5.92 Å². The smallest absolute Gasteiger partial charge is 0.128 e. The molecular formula is C15H22FN. The minimum absolute atomic E-state index is 0.0505. The highest BCUT2D eigenvalue weighted by molar-refractivity contribution is 5.27. The van der Waals surface area contributed by atoms with Gasteiger partial charge >= 0.3 is 0 Å². The van der Waals surface area contributed by atoms with Crippen LogP contribution in [0.1, 0.15) is 49.8 Å². The van der Waals surface area contributed by atoms with Crippen molar-refractivity contribution in [2.75, 3.05) is 6.54 Å². The Labute approximate surface area is 103 Å². The number of halogens is 1. The normalized spacial score (nSPS) is 17.8. The lowest BCUT2D eigenvalue weighted by Crippen LogP contribution is -2.33. The molecular weight excluding hydrogens is 213 g/mol. The molecule has 0 radical (unpaired) electrons. The summed E-state index contributed by atoms with van der Waals surface area (Å²) in [6.07, 6.45) is 4.85. The van der Waals surface area contributed by atoms with Crippen LogP contribution in [0.15, 0.2) is 18.2 Å². The van der Waals surface area contributed by atoms with Gasteiger partial charge in [-0.3, -0.25) is 0 Å². The Bertz CT molecular complexity index is 371. The van der Waals surface area contributed by atoms with E-state index < -0.39 is 0 Å². The lowest BCUT2D eigenvalue weighted by molar-refractivity contribution is 0.227. The van der Waals surface area contributed by atoms with Crippen molar-refractivity contribution >= 4 is 0 Å². The molecule has 1 fully saturated rings. The van der Waals surface area contributed by atoms with Gasteiger partial charge in [-0.2, -0.15) is 0 Å². The van der Waals surface area contributed by atoms with Crippen LogP contribution in [0, 0.1) is 18.7 Å². The summed E-state index contributed by atoms with van der Waals surface area (Å²) in [5, 5.41) is 3.51. The van der Waals surface area contributed by atoms with Crippen molar-refractivity contribution in [1.29, 1.82) is 0 Å². The average Bonchev–Trinajstić information content (AvgIpc) is 2.22. The monoisotopic (exact) mass is 235 g/mol. The number of hydrogen-bond donors (Lipinski definition) is 1. The fourth-order valence-electron chi connectivity index (χ4n) is 2.49. The van der Waals surface area contributed by atoms with Gasteiger partial charge in [0.05, 0.1) is 0 Å². The van der Waals surface area contributed by atoms with E-state index in [4.69, 9.17) is 0 Å². The zero-order valence-corrected chi connectivity index (χ0v) is 10.8. The molecule has 1 aliphatic rings. The summed E-state index contributed by atoms with van der Waals surface area (Å²) in [5.41, 5.74) is 1.85. The summed E-state index contributed by atoms with van der Waals surface area (Å²) in [7, 11) is 0. The molecule has 0 bridgehead atoms. The first kappa shape index (κ1) is 12.6. The Morgan fingerprint density at radius 2 is 2.18 bits per heavy atom. The van der Waals surface area contributed by atoms with Gasteiger partial charge in [-0.25, -0.2) is 4.39 Å². The van der Waals surface area contributed by atoms with Gasteiger partial charge in [0.2, 0.25) is 0 Å². The van der Waals surface area contributed by atoms with Crippen LogP contribution in [-0.4, -0.2) is 6.54 Å². The lowest BCUT2D eigenvalue weighted by atomic mass is 9.77. The largest absolute Gasteiger partial charge is 0.310 e. The van der Waals surface area contributed by atoms with Crippen molar-refractivity contribution in [1.82, 2.24) is 5.32 Å². The van der Waals surface area contributed by atoms with Crippen LogP contribution < -0.4 is 5.32 Å². The molecule has 0 spiro atoms. The Balaban J connectivity index is 2.17. The van der Waals surface area contributed by atoms with Crippen molar-refractivity contribution in [3.63, 3.8) is 0 Å². The van der Waals surface area contributed by atoms with E-state index in [0.717, 1.165) is 24.1 Å². The molecule has 1 aliphatic carbocycles. The number of rotatable bonds is 5. The second-order valence-electron chi connectivity index (χ2n) is 5.15. The van der Waals surface area contributed by atoms with E-state index in [1.807, 2.05) is 19.1 Å². The van der Waals surface area contributed by atoms with Crippen molar-refractivity contribution in [2.45, 2.75) is 45.6 Å². The third kappa shape index (κ3) is 2.86. The fraction of sp³-hybridized carbons (Fsp3) is 0.600. The predicted molar refractivity (Wildman–Crippen MR) is 69.5 cm³/mol. The summed E-state index contributed by atoms with van der Waals surface area (Å²) < 4.78 is 14.0. The van der Waals surface area contributed by atoms with Crippen molar-refractivity contribution in [3.05, 3.63) is 35.1 Å². The van der Waals surface area contributed by atoms with Gasteiger partial charge in [0, 0.05) is 11.6 Å². The molecule has 2 rings (SSSR count). The molecule has 1 nitrogen and oxygen atoms in total. The van der Waals surface area contributed by atoms with E-state index in [-0.39, 0.29) is 11.9 Å². The molecule has 0 saturated heterocycles. The SMILES string of the molecule is CCCNC(c1ccc(C)cc1F)C1CCC1. The van der Waals surface area contributed by atoms with Crippen LogP contribution in [0.2, 0.25) is 0 Å². The average molecular weight is 235 g/mol. The molecule has 0 aliphatic heterocycles. The van der Waals surface area contributed by atoms with Crippen LogP contribution in [0.5, 0.6) is 0 Å². The Kier molecular flexibility index (Phi) is 4.16. The highest BCUT2D eigenvalue weighted by Gasteiger charge is 2.29. The molecule has 1 aromatic carbocycles. The van der Waals surface area contributed by atoms with Crippen LogP contribution >= 0.6 is 0 Å². The number of benzene rings is 1. The minimum atomic E-state index is -0.0505. The maximum Gasteiger partial charge on any atom is 0.128 e. The van der Waals surface area contributed by atoms with E-state index in [1.165, 1.54) is 19.3 Å². The van der Waals surface area contributed by atoms with Gasteiger partial charge in [-0.05, 0) is 50.3 Å². The highest BCUT2D eigenvalue weighted by Crippen LogP contribution is 2.38. The fourth-order valence-corrected chi connectivity index (χ4v) is 2.49. The summed E-state index contributed by atoms with van der Waals surface area (Å²) in [6.45, 7) is 5.05. The van der Waals surface area contributed by atoms with E-state index in [9.17, 15) is 4.39 Å². The van der Waals surface area contributed by atoms with E-state index in [2.05, 4.69) is 12.2 Å². The molecule has 0 aromatic heterocycles. The topological polar surface area (TPSA) is 12.0 Å². The first-order valence-corrected chi connectivity index (χ1v) is 6.71. The molecule has 1 N–H and O–H groups in total. The summed E-state index contributed by atoms with van der Waals surface area (Å²) >= 11 is 0. The summed E-state index contributed by atoms with van der Waals surface area (Å²) in [6, 6.07) is 5.83. The summed E-state index contributed by atoms with van der Waals surface area (Å²) in [5.74, 6) is 0.573. The maximum atomic E-state index is 14.0. The van der Waals surface area contributed by atoms with Crippen LogP contribution in [0.25, 0.3) is 0 Å². The van der Waals surface area contributed by atoms with Crippen molar-refractivity contribution < 1.29 is 4.39 Å². The van der Waals surface area contributed by atoms with Crippen molar-refractivity contribution in [2.24, 2.45) is 5.92 Å². The molecule has 1 atom stereocenters. The zero-order chi connectivity index (χ0) is 12.3. The summed E-state index contributed by atoms with van der Waals surface area (Å²) in [4.78, 5) is 0. The van der Waals surface area contributed by atoms with Gasteiger partial charge in [-0.1, -0.05) is 25.5 Å². The van der Waals surface area contributed by atoms with Gasteiger partial charge in [-0.15, -0.1) is 0 Å². The number of nitrogens with one attached hydrogen (secondary N) is 1. The molecule has 1 unspecified atom stereocenters. The predicted octanol–water partition coefficient (Wildman–Crippen LogP) is 3.97. The Hall–Kier alpha value is -0.890. The number of hydrogen-bond acceptors (Lipinski definition) is 1. The Morgan fingerprint density at radius 3 is 2.71 bits per heavy atom. The second kappa shape index (κ2) is 5.63. The zero-order valence-electron chi connectivity index (χ0n) is 10.8. The van der Waals surface area contributed by atoms with E-state index >= 15 is 0 Å². The lowest BCUT2D eigenvalue weighted by Gasteiger charge is -2.35. The first-order valence-electron chi connectivity index (χ1n) is 6.71. The highest BCUT2D eigenvalue weighted by atomic mass is 19.1.